The van der Waals surface area contributed by atoms with Gasteiger partial charge in [0.25, 0.3) is 0 Å². The normalized spacial score (nSPS) is 12.4. The van der Waals surface area contributed by atoms with Gasteiger partial charge in [-0.25, -0.2) is 4.79 Å². The van der Waals surface area contributed by atoms with E-state index in [1.807, 2.05) is 42.5 Å². The fraction of sp³-hybridized carbons (Fsp3) is 0.192. The summed E-state index contributed by atoms with van der Waals surface area (Å²) >= 11 is 6.00. The number of aromatic nitrogens is 1. The fourth-order valence-electron chi connectivity index (χ4n) is 3.31. The molecule has 0 aliphatic carbocycles. The largest absolute Gasteiger partial charge is 0.467 e. The molecule has 0 spiro atoms. The van der Waals surface area contributed by atoms with E-state index in [1.54, 1.807) is 6.20 Å². The van der Waals surface area contributed by atoms with Gasteiger partial charge in [0.05, 0.1) is 24.2 Å². The predicted molar refractivity (Wildman–Crippen MR) is 127 cm³/mol. The van der Waals surface area contributed by atoms with E-state index in [1.165, 1.54) is 36.3 Å². The molecule has 0 radical (unpaired) electrons. The SMILES string of the molecule is COC(=O)[C@@H](CCl)N(Cc1ccc(-c2ccccn2)cc1)C(=O)C=Cc1ccc(C(F)(F)F)cc1. The molecule has 182 valence electrons. The standard InChI is InChI=1S/C26H22ClF3N2O3/c1-35-25(34)23(16-27)32(17-19-5-10-20(11-6-19)22-4-2-3-15-31-22)24(33)14-9-18-7-12-21(13-8-18)26(28,29)30/h2-15,23H,16-17H2,1H3/t23-/m1/s1. The summed E-state index contributed by atoms with van der Waals surface area (Å²) < 4.78 is 43.1. The second kappa shape index (κ2) is 11.7. The van der Waals surface area contributed by atoms with Crippen molar-refractivity contribution >= 4 is 29.6 Å². The first-order chi connectivity index (χ1) is 16.7. The Labute approximate surface area is 205 Å². The average molecular weight is 503 g/mol. The Bertz CT molecular complexity index is 1170. The zero-order valence-corrected chi connectivity index (χ0v) is 19.5. The number of amides is 1. The molecule has 1 aromatic heterocycles. The molecule has 0 aliphatic rings. The van der Waals surface area contributed by atoms with E-state index in [0.717, 1.165) is 29.0 Å². The highest BCUT2D eigenvalue weighted by atomic mass is 35.5. The maximum absolute atomic E-state index is 13.0. The molecule has 3 rings (SSSR count). The van der Waals surface area contributed by atoms with Gasteiger partial charge in [0.15, 0.2) is 0 Å². The molecule has 1 atom stereocenters. The summed E-state index contributed by atoms with van der Waals surface area (Å²) in [4.78, 5) is 30.9. The third kappa shape index (κ3) is 6.93. The molecule has 3 aromatic rings. The quantitative estimate of drug-likeness (QED) is 0.229. The van der Waals surface area contributed by atoms with Gasteiger partial charge in [0.1, 0.15) is 6.04 Å². The maximum Gasteiger partial charge on any atom is 0.416 e. The Hall–Kier alpha value is -3.65. The number of carbonyl (C=O) groups excluding carboxylic acids is 2. The van der Waals surface area contributed by atoms with E-state index < -0.39 is 29.7 Å². The molecule has 1 heterocycles. The highest BCUT2D eigenvalue weighted by molar-refractivity contribution is 6.20. The maximum atomic E-state index is 13.0. The van der Waals surface area contributed by atoms with Crippen LogP contribution in [0.3, 0.4) is 0 Å². The first-order valence-corrected chi connectivity index (χ1v) is 11.1. The van der Waals surface area contributed by atoms with Crippen molar-refractivity contribution in [2.45, 2.75) is 18.8 Å². The summed E-state index contributed by atoms with van der Waals surface area (Å²) in [5, 5.41) is 0. The topological polar surface area (TPSA) is 59.5 Å². The van der Waals surface area contributed by atoms with Crippen LogP contribution in [0, 0.1) is 0 Å². The lowest BCUT2D eigenvalue weighted by Crippen LogP contribution is -2.45. The highest BCUT2D eigenvalue weighted by Crippen LogP contribution is 2.29. The van der Waals surface area contributed by atoms with Crippen molar-refractivity contribution in [3.8, 4) is 11.3 Å². The number of hydrogen-bond donors (Lipinski definition) is 0. The van der Waals surface area contributed by atoms with E-state index in [2.05, 4.69) is 4.98 Å². The molecular weight excluding hydrogens is 481 g/mol. The van der Waals surface area contributed by atoms with Gasteiger partial charge in [0.2, 0.25) is 5.91 Å². The van der Waals surface area contributed by atoms with Crippen LogP contribution in [0.1, 0.15) is 16.7 Å². The molecule has 2 aromatic carbocycles. The van der Waals surface area contributed by atoms with Gasteiger partial charge in [-0.2, -0.15) is 13.2 Å². The van der Waals surface area contributed by atoms with Crippen LogP contribution >= 0.6 is 11.6 Å². The van der Waals surface area contributed by atoms with Crippen LogP contribution in [0.25, 0.3) is 17.3 Å². The van der Waals surface area contributed by atoms with Gasteiger partial charge < -0.3 is 9.64 Å². The van der Waals surface area contributed by atoms with E-state index in [0.29, 0.717) is 5.56 Å². The van der Waals surface area contributed by atoms with Gasteiger partial charge in [-0.3, -0.25) is 9.78 Å². The Kier molecular flexibility index (Phi) is 8.65. The molecule has 0 bridgehead atoms. The van der Waals surface area contributed by atoms with Crippen molar-refractivity contribution in [3.05, 3.63) is 95.7 Å². The van der Waals surface area contributed by atoms with Crippen molar-refractivity contribution in [1.29, 1.82) is 0 Å². The van der Waals surface area contributed by atoms with Crippen molar-refractivity contribution in [2.24, 2.45) is 0 Å². The average Bonchev–Trinajstić information content (AvgIpc) is 2.87. The number of rotatable bonds is 8. The third-order valence-electron chi connectivity index (χ3n) is 5.20. The lowest BCUT2D eigenvalue weighted by Gasteiger charge is -2.28. The summed E-state index contributed by atoms with van der Waals surface area (Å²) in [6, 6.07) is 16.2. The van der Waals surface area contributed by atoms with Crippen LogP contribution in [0.15, 0.2) is 79.0 Å². The minimum Gasteiger partial charge on any atom is -0.467 e. The van der Waals surface area contributed by atoms with Crippen LogP contribution in [0.5, 0.6) is 0 Å². The molecule has 0 fully saturated rings. The van der Waals surface area contributed by atoms with E-state index in [9.17, 15) is 22.8 Å². The first-order valence-electron chi connectivity index (χ1n) is 10.5. The zero-order chi connectivity index (χ0) is 25.4. The minimum absolute atomic E-state index is 0.0607. The molecule has 35 heavy (non-hydrogen) atoms. The number of alkyl halides is 4. The second-order valence-corrected chi connectivity index (χ2v) is 7.83. The number of methoxy groups -OCH3 is 1. The molecule has 1 amide bonds. The van der Waals surface area contributed by atoms with Crippen LogP contribution in [0.4, 0.5) is 13.2 Å². The summed E-state index contributed by atoms with van der Waals surface area (Å²) in [7, 11) is 1.20. The third-order valence-corrected chi connectivity index (χ3v) is 5.49. The highest BCUT2D eigenvalue weighted by Gasteiger charge is 2.30. The number of hydrogen-bond acceptors (Lipinski definition) is 4. The molecular formula is C26H22ClF3N2O3. The number of benzene rings is 2. The molecule has 5 nitrogen and oxygen atoms in total. The Morgan fingerprint density at radius 3 is 2.29 bits per heavy atom. The zero-order valence-electron chi connectivity index (χ0n) is 18.7. The van der Waals surface area contributed by atoms with E-state index in [4.69, 9.17) is 16.3 Å². The van der Waals surface area contributed by atoms with Crippen molar-refractivity contribution in [1.82, 2.24) is 9.88 Å². The molecule has 9 heteroatoms. The van der Waals surface area contributed by atoms with Crippen molar-refractivity contribution in [3.63, 3.8) is 0 Å². The fourth-order valence-corrected chi connectivity index (χ4v) is 3.60. The van der Waals surface area contributed by atoms with E-state index in [-0.39, 0.29) is 12.4 Å². The number of nitrogens with zero attached hydrogens (tertiary/aromatic N) is 2. The van der Waals surface area contributed by atoms with Crippen molar-refractivity contribution < 1.29 is 27.5 Å². The van der Waals surface area contributed by atoms with Crippen molar-refractivity contribution in [2.75, 3.05) is 13.0 Å². The van der Waals surface area contributed by atoms with Gasteiger partial charge in [-0.15, -0.1) is 11.6 Å². The summed E-state index contributed by atoms with van der Waals surface area (Å²) in [6.45, 7) is 0.0607. The van der Waals surface area contributed by atoms with Gasteiger partial charge >= 0.3 is 12.1 Å². The summed E-state index contributed by atoms with van der Waals surface area (Å²) in [6.07, 6.45) is -0.196. The monoisotopic (exact) mass is 502 g/mol. The molecule has 0 aliphatic heterocycles. The van der Waals surface area contributed by atoms with Gasteiger partial charge in [-0.1, -0.05) is 42.5 Å². The number of carbonyl (C=O) groups is 2. The summed E-state index contributed by atoms with van der Waals surface area (Å²) in [5.74, 6) is -1.42. The van der Waals surface area contributed by atoms with Crippen LogP contribution in [-0.4, -0.2) is 40.8 Å². The number of esters is 1. The molecule has 0 saturated heterocycles. The van der Waals surface area contributed by atoms with Crippen LogP contribution < -0.4 is 0 Å². The lowest BCUT2D eigenvalue weighted by atomic mass is 10.1. The number of halogens is 4. The predicted octanol–water partition coefficient (Wildman–Crippen LogP) is 5.59. The molecule has 0 unspecified atom stereocenters. The minimum atomic E-state index is -4.45. The first kappa shape index (κ1) is 26.0. The number of ether oxygens (including phenoxy) is 1. The van der Waals surface area contributed by atoms with E-state index >= 15 is 0 Å². The Morgan fingerprint density at radius 1 is 1.06 bits per heavy atom. The summed E-state index contributed by atoms with van der Waals surface area (Å²) in [5.41, 5.74) is 2.02. The smallest absolute Gasteiger partial charge is 0.416 e. The molecule has 0 N–H and O–H groups in total. The van der Waals surface area contributed by atoms with Crippen LogP contribution in [-0.2, 0) is 27.0 Å². The molecule has 0 saturated carbocycles. The Balaban J connectivity index is 1.82. The van der Waals surface area contributed by atoms with Gasteiger partial charge in [0, 0.05) is 24.4 Å². The lowest BCUT2D eigenvalue weighted by molar-refractivity contribution is -0.150. The number of pyridine rings is 1. The van der Waals surface area contributed by atoms with Crippen LogP contribution in [0.2, 0.25) is 0 Å². The second-order valence-electron chi connectivity index (χ2n) is 7.52. The van der Waals surface area contributed by atoms with Gasteiger partial charge in [-0.05, 0) is 41.5 Å². The Morgan fingerprint density at radius 2 is 1.74 bits per heavy atom.